The maximum atomic E-state index is 11.7. The first-order valence-corrected chi connectivity index (χ1v) is 6.13. The summed E-state index contributed by atoms with van der Waals surface area (Å²) in [5.74, 6) is 0.434. The first-order valence-electron chi connectivity index (χ1n) is 6.13. The van der Waals surface area contributed by atoms with Crippen LogP contribution in [0.25, 0.3) is 0 Å². The summed E-state index contributed by atoms with van der Waals surface area (Å²) in [5.41, 5.74) is 0. The first kappa shape index (κ1) is 15.4. The number of rotatable bonds is 8. The maximum Gasteiger partial charge on any atom is 0.224 e. The third kappa shape index (κ3) is 6.80. The molecule has 0 spiro atoms. The van der Waals surface area contributed by atoms with Gasteiger partial charge in [0.25, 0.3) is 0 Å². The molecule has 2 unspecified atom stereocenters. The molecule has 3 N–H and O–H groups in total. The SMILES string of the molecule is CCNCC(C)C(=O)NC(CO)CC(C)C. The predicted octanol–water partition coefficient (Wildman–Crippen LogP) is 0.755. The number of aliphatic hydroxyl groups is 1. The molecule has 0 aliphatic heterocycles. The fourth-order valence-electron chi connectivity index (χ4n) is 1.55. The van der Waals surface area contributed by atoms with Gasteiger partial charge in [-0.15, -0.1) is 0 Å². The van der Waals surface area contributed by atoms with Gasteiger partial charge in [-0.1, -0.05) is 27.7 Å². The lowest BCUT2D eigenvalue weighted by Gasteiger charge is -2.20. The van der Waals surface area contributed by atoms with E-state index >= 15 is 0 Å². The van der Waals surface area contributed by atoms with Gasteiger partial charge in [0.05, 0.1) is 12.6 Å². The van der Waals surface area contributed by atoms with Crippen molar-refractivity contribution in [2.75, 3.05) is 19.7 Å². The third-order valence-electron chi connectivity index (χ3n) is 2.47. The number of hydrogen-bond donors (Lipinski definition) is 3. The molecular formula is C12H26N2O2. The van der Waals surface area contributed by atoms with Crippen molar-refractivity contribution in [2.45, 2.75) is 40.2 Å². The molecule has 0 radical (unpaired) electrons. The zero-order valence-corrected chi connectivity index (χ0v) is 10.9. The van der Waals surface area contributed by atoms with Gasteiger partial charge >= 0.3 is 0 Å². The van der Waals surface area contributed by atoms with Crippen molar-refractivity contribution < 1.29 is 9.90 Å². The molecular weight excluding hydrogens is 204 g/mol. The van der Waals surface area contributed by atoms with E-state index < -0.39 is 0 Å². The van der Waals surface area contributed by atoms with Gasteiger partial charge in [0.2, 0.25) is 5.91 Å². The molecule has 1 amide bonds. The lowest BCUT2D eigenvalue weighted by atomic mass is 10.0. The molecule has 96 valence electrons. The Morgan fingerprint density at radius 2 is 1.94 bits per heavy atom. The van der Waals surface area contributed by atoms with Crippen molar-refractivity contribution in [1.29, 1.82) is 0 Å². The van der Waals surface area contributed by atoms with E-state index in [-0.39, 0.29) is 24.5 Å². The van der Waals surface area contributed by atoms with Crippen LogP contribution in [0.2, 0.25) is 0 Å². The Morgan fingerprint density at radius 1 is 1.31 bits per heavy atom. The second-order valence-corrected chi connectivity index (χ2v) is 4.73. The van der Waals surface area contributed by atoms with Gasteiger partial charge < -0.3 is 15.7 Å². The molecule has 0 aliphatic rings. The Morgan fingerprint density at radius 3 is 2.38 bits per heavy atom. The predicted molar refractivity (Wildman–Crippen MR) is 66.2 cm³/mol. The largest absolute Gasteiger partial charge is 0.394 e. The third-order valence-corrected chi connectivity index (χ3v) is 2.47. The van der Waals surface area contributed by atoms with Crippen LogP contribution in [-0.4, -0.2) is 36.8 Å². The number of amides is 1. The van der Waals surface area contributed by atoms with Gasteiger partial charge in [-0.3, -0.25) is 4.79 Å². The molecule has 0 heterocycles. The average Bonchev–Trinajstić information content (AvgIpc) is 2.23. The molecule has 16 heavy (non-hydrogen) atoms. The highest BCUT2D eigenvalue weighted by Crippen LogP contribution is 2.05. The quantitative estimate of drug-likeness (QED) is 0.577. The molecule has 0 saturated heterocycles. The summed E-state index contributed by atoms with van der Waals surface area (Å²) in [6.07, 6.45) is 0.816. The molecule has 2 atom stereocenters. The van der Waals surface area contributed by atoms with Crippen LogP contribution in [0.1, 0.15) is 34.1 Å². The second kappa shape index (κ2) is 8.53. The Kier molecular flexibility index (Phi) is 8.21. The van der Waals surface area contributed by atoms with Crippen LogP contribution >= 0.6 is 0 Å². The van der Waals surface area contributed by atoms with Crippen molar-refractivity contribution >= 4 is 5.91 Å². The standard InChI is InChI=1S/C12H26N2O2/c1-5-13-7-10(4)12(16)14-11(8-15)6-9(2)3/h9-11,13,15H,5-8H2,1-4H3,(H,14,16). The highest BCUT2D eigenvalue weighted by Gasteiger charge is 2.17. The Balaban J connectivity index is 3.98. The lowest BCUT2D eigenvalue weighted by Crippen LogP contribution is -2.43. The van der Waals surface area contributed by atoms with E-state index in [9.17, 15) is 4.79 Å². The van der Waals surface area contributed by atoms with Crippen LogP contribution in [0, 0.1) is 11.8 Å². The monoisotopic (exact) mass is 230 g/mol. The van der Waals surface area contributed by atoms with E-state index in [2.05, 4.69) is 24.5 Å². The highest BCUT2D eigenvalue weighted by atomic mass is 16.3. The molecule has 0 aromatic rings. The average molecular weight is 230 g/mol. The Labute approximate surface area is 98.8 Å². The molecule has 4 nitrogen and oxygen atoms in total. The van der Waals surface area contributed by atoms with E-state index in [1.54, 1.807) is 0 Å². The number of carbonyl (C=O) groups is 1. The van der Waals surface area contributed by atoms with Crippen molar-refractivity contribution in [1.82, 2.24) is 10.6 Å². The summed E-state index contributed by atoms with van der Waals surface area (Å²) in [7, 11) is 0. The second-order valence-electron chi connectivity index (χ2n) is 4.73. The van der Waals surface area contributed by atoms with E-state index in [1.807, 2.05) is 13.8 Å². The minimum absolute atomic E-state index is 0.0118. The first-order chi connectivity index (χ1) is 7.51. The maximum absolute atomic E-state index is 11.7. The van der Waals surface area contributed by atoms with Crippen LogP contribution in [0.15, 0.2) is 0 Å². The molecule has 4 heteroatoms. The number of aliphatic hydroxyl groups excluding tert-OH is 1. The van der Waals surface area contributed by atoms with Crippen LogP contribution in [-0.2, 0) is 4.79 Å². The lowest BCUT2D eigenvalue weighted by molar-refractivity contribution is -0.125. The molecule has 0 aliphatic carbocycles. The summed E-state index contributed by atoms with van der Waals surface area (Å²) < 4.78 is 0. The number of nitrogens with one attached hydrogen (secondary N) is 2. The topological polar surface area (TPSA) is 61.4 Å². The fraction of sp³-hybridized carbons (Fsp3) is 0.917. The normalized spacial score (nSPS) is 14.9. The molecule has 0 saturated carbocycles. The van der Waals surface area contributed by atoms with E-state index in [4.69, 9.17) is 5.11 Å². The molecule has 0 fully saturated rings. The van der Waals surface area contributed by atoms with Crippen LogP contribution in [0.5, 0.6) is 0 Å². The summed E-state index contributed by atoms with van der Waals surface area (Å²) >= 11 is 0. The van der Waals surface area contributed by atoms with Crippen molar-refractivity contribution in [3.63, 3.8) is 0 Å². The van der Waals surface area contributed by atoms with Gasteiger partial charge in [0.15, 0.2) is 0 Å². The molecule has 0 aromatic heterocycles. The Hall–Kier alpha value is -0.610. The molecule has 0 rings (SSSR count). The molecule has 0 bridgehead atoms. The summed E-state index contributed by atoms with van der Waals surface area (Å²) in [6.45, 7) is 9.63. The minimum Gasteiger partial charge on any atom is -0.394 e. The van der Waals surface area contributed by atoms with E-state index in [0.717, 1.165) is 13.0 Å². The van der Waals surface area contributed by atoms with Crippen molar-refractivity contribution in [3.8, 4) is 0 Å². The summed E-state index contributed by atoms with van der Waals surface area (Å²) in [4.78, 5) is 11.7. The smallest absolute Gasteiger partial charge is 0.224 e. The van der Waals surface area contributed by atoms with Crippen molar-refractivity contribution in [3.05, 3.63) is 0 Å². The highest BCUT2D eigenvalue weighted by molar-refractivity contribution is 5.78. The minimum atomic E-state index is -0.114. The zero-order chi connectivity index (χ0) is 12.6. The summed E-state index contributed by atoms with van der Waals surface area (Å²) in [6, 6.07) is -0.114. The van der Waals surface area contributed by atoms with Gasteiger partial charge in [-0.05, 0) is 18.9 Å². The van der Waals surface area contributed by atoms with Crippen molar-refractivity contribution in [2.24, 2.45) is 11.8 Å². The Bertz CT molecular complexity index is 195. The van der Waals surface area contributed by atoms with Gasteiger partial charge in [0, 0.05) is 12.5 Å². The van der Waals surface area contributed by atoms with Gasteiger partial charge in [-0.2, -0.15) is 0 Å². The van der Waals surface area contributed by atoms with Crippen LogP contribution in [0.4, 0.5) is 0 Å². The number of hydrogen-bond acceptors (Lipinski definition) is 3. The van der Waals surface area contributed by atoms with Crippen LogP contribution in [0.3, 0.4) is 0 Å². The van der Waals surface area contributed by atoms with Crippen LogP contribution < -0.4 is 10.6 Å². The van der Waals surface area contributed by atoms with E-state index in [0.29, 0.717) is 12.5 Å². The van der Waals surface area contributed by atoms with Gasteiger partial charge in [0.1, 0.15) is 0 Å². The number of carbonyl (C=O) groups excluding carboxylic acids is 1. The zero-order valence-electron chi connectivity index (χ0n) is 10.9. The van der Waals surface area contributed by atoms with Gasteiger partial charge in [-0.25, -0.2) is 0 Å². The fourth-order valence-corrected chi connectivity index (χ4v) is 1.55. The molecule has 0 aromatic carbocycles. The summed E-state index contributed by atoms with van der Waals surface area (Å²) in [5, 5.41) is 15.2. The van der Waals surface area contributed by atoms with E-state index in [1.165, 1.54) is 0 Å².